The number of hydrogen-bond donors (Lipinski definition) is 1. The summed E-state index contributed by atoms with van der Waals surface area (Å²) in [5.74, 6) is -0.165. The van der Waals surface area contributed by atoms with Crippen LogP contribution in [-0.2, 0) is 0 Å². The molecule has 3 rings (SSSR count). The number of aromatic nitrogens is 3. The van der Waals surface area contributed by atoms with E-state index in [0.717, 1.165) is 21.2 Å². The number of fused-ring (bicyclic) bond motifs is 1. The van der Waals surface area contributed by atoms with Crippen LogP contribution in [0.5, 0.6) is 0 Å². The lowest BCUT2D eigenvalue weighted by Gasteiger charge is -2.14. The summed E-state index contributed by atoms with van der Waals surface area (Å²) in [6, 6.07) is 5.26. The monoisotopic (exact) mass is 301 g/mol. The number of carbonyl (C=O) groups is 1. The summed E-state index contributed by atoms with van der Waals surface area (Å²) in [4.78, 5) is 21.4. The molecule has 0 aliphatic heterocycles. The molecule has 21 heavy (non-hydrogen) atoms. The van der Waals surface area contributed by atoms with E-state index in [-0.39, 0.29) is 11.6 Å². The molecule has 0 aliphatic rings. The zero-order valence-electron chi connectivity index (χ0n) is 12.0. The Morgan fingerprint density at radius 3 is 2.76 bits per heavy atom. The van der Waals surface area contributed by atoms with Crippen LogP contribution < -0.4 is 0 Å². The fraction of sp³-hybridized carbons (Fsp3) is 0.267. The zero-order chi connectivity index (χ0) is 15.1. The molecule has 0 fully saturated rings. The van der Waals surface area contributed by atoms with Crippen molar-refractivity contribution in [1.29, 1.82) is 0 Å². The number of carboxylic acid groups (broad SMARTS) is 1. The number of aromatic carboxylic acids is 1. The molecule has 5 nitrogen and oxygen atoms in total. The molecule has 1 N–H and O–H groups in total. The lowest BCUT2D eigenvalue weighted by molar-refractivity contribution is 0.0699. The van der Waals surface area contributed by atoms with Gasteiger partial charge < -0.3 is 9.67 Å². The number of imidazole rings is 1. The molecule has 0 radical (unpaired) electrons. The second-order valence-electron chi connectivity index (χ2n) is 4.99. The number of rotatable bonds is 3. The number of benzene rings is 1. The summed E-state index contributed by atoms with van der Waals surface area (Å²) in [5.41, 5.74) is 1.59. The maximum atomic E-state index is 11.3. The summed E-state index contributed by atoms with van der Waals surface area (Å²) in [5, 5.41) is 10.3. The first-order chi connectivity index (χ1) is 9.99. The third kappa shape index (κ3) is 2.21. The van der Waals surface area contributed by atoms with Gasteiger partial charge in [0, 0.05) is 11.1 Å². The fourth-order valence-corrected chi connectivity index (χ4v) is 3.39. The van der Waals surface area contributed by atoms with Crippen molar-refractivity contribution in [1.82, 2.24) is 14.5 Å². The van der Waals surface area contributed by atoms with E-state index in [2.05, 4.69) is 16.9 Å². The maximum Gasteiger partial charge on any atom is 0.337 e. The maximum absolute atomic E-state index is 11.3. The van der Waals surface area contributed by atoms with E-state index in [0.29, 0.717) is 5.52 Å². The van der Waals surface area contributed by atoms with Crippen LogP contribution in [0.3, 0.4) is 0 Å². The van der Waals surface area contributed by atoms with Crippen LogP contribution in [-0.4, -0.2) is 25.6 Å². The minimum absolute atomic E-state index is 0.0257. The molecule has 1 unspecified atom stereocenters. The summed E-state index contributed by atoms with van der Waals surface area (Å²) in [6.45, 7) is 5.97. The van der Waals surface area contributed by atoms with E-state index < -0.39 is 5.97 Å². The largest absolute Gasteiger partial charge is 0.478 e. The number of nitrogens with zero attached hydrogens (tertiary/aromatic N) is 3. The molecule has 0 saturated carbocycles. The molecule has 0 bridgehead atoms. The van der Waals surface area contributed by atoms with Gasteiger partial charge in [0.15, 0.2) is 0 Å². The Hall–Kier alpha value is -2.21. The van der Waals surface area contributed by atoms with Crippen molar-refractivity contribution in [3.63, 3.8) is 0 Å². The Kier molecular flexibility index (Phi) is 3.25. The summed E-state index contributed by atoms with van der Waals surface area (Å²) in [6.07, 6.45) is 1.85. The standard InChI is InChI=1S/C15H15N3O2S/c1-8-7-16-14(21-8)9(2)18-10(3)17-13-11(15(19)20)5-4-6-12(13)18/h4-7,9H,1-3H3,(H,19,20). The number of hydrogen-bond acceptors (Lipinski definition) is 4. The topological polar surface area (TPSA) is 68.0 Å². The van der Waals surface area contributed by atoms with Gasteiger partial charge in [-0.1, -0.05) is 6.07 Å². The quantitative estimate of drug-likeness (QED) is 0.805. The van der Waals surface area contributed by atoms with Crippen molar-refractivity contribution in [2.24, 2.45) is 0 Å². The van der Waals surface area contributed by atoms with Crippen molar-refractivity contribution in [3.8, 4) is 0 Å². The molecule has 108 valence electrons. The minimum Gasteiger partial charge on any atom is -0.478 e. The zero-order valence-corrected chi connectivity index (χ0v) is 12.8. The molecule has 0 spiro atoms. The van der Waals surface area contributed by atoms with E-state index >= 15 is 0 Å². The van der Waals surface area contributed by atoms with Gasteiger partial charge in [0.1, 0.15) is 16.3 Å². The number of para-hydroxylation sites is 1. The van der Waals surface area contributed by atoms with Crippen LogP contribution in [0.2, 0.25) is 0 Å². The molecule has 0 saturated heterocycles. The SMILES string of the molecule is Cc1cnc(C(C)n2c(C)nc3c(C(=O)O)cccc32)s1. The van der Waals surface area contributed by atoms with E-state index in [1.54, 1.807) is 23.5 Å². The minimum atomic E-state index is -0.956. The second kappa shape index (κ2) is 4.96. The van der Waals surface area contributed by atoms with Gasteiger partial charge in [0.25, 0.3) is 0 Å². The highest BCUT2D eigenvalue weighted by molar-refractivity contribution is 7.11. The van der Waals surface area contributed by atoms with Crippen molar-refractivity contribution in [3.05, 3.63) is 45.7 Å². The highest BCUT2D eigenvalue weighted by Crippen LogP contribution is 2.29. The van der Waals surface area contributed by atoms with Crippen LogP contribution >= 0.6 is 11.3 Å². The van der Waals surface area contributed by atoms with Gasteiger partial charge in [0.2, 0.25) is 0 Å². The molecule has 1 aromatic carbocycles. The second-order valence-corrected chi connectivity index (χ2v) is 6.26. The highest BCUT2D eigenvalue weighted by atomic mass is 32.1. The molecule has 2 aromatic heterocycles. The smallest absolute Gasteiger partial charge is 0.337 e. The molecular formula is C15H15N3O2S. The van der Waals surface area contributed by atoms with Crippen molar-refractivity contribution in [2.75, 3.05) is 0 Å². The Morgan fingerprint density at radius 1 is 1.38 bits per heavy atom. The van der Waals surface area contributed by atoms with E-state index in [4.69, 9.17) is 0 Å². The van der Waals surface area contributed by atoms with Gasteiger partial charge in [-0.2, -0.15) is 0 Å². The van der Waals surface area contributed by atoms with Gasteiger partial charge in [-0.15, -0.1) is 11.3 Å². The van der Waals surface area contributed by atoms with E-state index in [1.165, 1.54) is 0 Å². The van der Waals surface area contributed by atoms with Gasteiger partial charge >= 0.3 is 5.97 Å². The van der Waals surface area contributed by atoms with Crippen LogP contribution in [0.1, 0.15) is 39.0 Å². The Bertz CT molecular complexity index is 835. The fourth-order valence-electron chi connectivity index (χ4n) is 2.57. The summed E-state index contributed by atoms with van der Waals surface area (Å²) in [7, 11) is 0. The Balaban J connectivity index is 2.21. The van der Waals surface area contributed by atoms with Crippen molar-refractivity contribution in [2.45, 2.75) is 26.8 Å². The van der Waals surface area contributed by atoms with Crippen LogP contribution in [0.15, 0.2) is 24.4 Å². The molecule has 0 amide bonds. The molecule has 1 atom stereocenters. The lowest BCUT2D eigenvalue weighted by atomic mass is 10.2. The molecular weight excluding hydrogens is 286 g/mol. The lowest BCUT2D eigenvalue weighted by Crippen LogP contribution is -2.08. The first-order valence-electron chi connectivity index (χ1n) is 6.62. The normalized spacial score (nSPS) is 12.7. The van der Waals surface area contributed by atoms with E-state index in [9.17, 15) is 9.90 Å². The van der Waals surface area contributed by atoms with Crippen molar-refractivity contribution < 1.29 is 9.90 Å². The Morgan fingerprint density at radius 2 is 2.14 bits per heavy atom. The Labute approximate surface area is 125 Å². The molecule has 3 aromatic rings. The van der Waals surface area contributed by atoms with E-state index in [1.807, 2.05) is 30.7 Å². The third-order valence-electron chi connectivity index (χ3n) is 3.51. The van der Waals surface area contributed by atoms with Gasteiger partial charge in [-0.25, -0.2) is 14.8 Å². The average Bonchev–Trinajstić information content (AvgIpc) is 3.00. The van der Waals surface area contributed by atoms with Crippen LogP contribution in [0.4, 0.5) is 0 Å². The van der Waals surface area contributed by atoms with Crippen molar-refractivity contribution >= 4 is 28.3 Å². The first-order valence-corrected chi connectivity index (χ1v) is 7.44. The predicted molar refractivity (Wildman–Crippen MR) is 82.1 cm³/mol. The molecule has 2 heterocycles. The van der Waals surface area contributed by atoms with Gasteiger partial charge in [0.05, 0.1) is 17.1 Å². The number of aryl methyl sites for hydroxylation is 2. The number of carboxylic acids is 1. The highest BCUT2D eigenvalue weighted by Gasteiger charge is 2.20. The average molecular weight is 301 g/mol. The first kappa shape index (κ1) is 13.8. The summed E-state index contributed by atoms with van der Waals surface area (Å²) >= 11 is 1.65. The van der Waals surface area contributed by atoms with Gasteiger partial charge in [-0.3, -0.25) is 0 Å². The summed E-state index contributed by atoms with van der Waals surface area (Å²) < 4.78 is 2.04. The van der Waals surface area contributed by atoms with Crippen LogP contribution in [0, 0.1) is 13.8 Å². The number of thiazole rings is 1. The third-order valence-corrected chi connectivity index (χ3v) is 4.59. The van der Waals surface area contributed by atoms with Crippen LogP contribution in [0.25, 0.3) is 11.0 Å². The molecule has 6 heteroatoms. The predicted octanol–water partition coefficient (Wildman–Crippen LogP) is 3.42. The van der Waals surface area contributed by atoms with Gasteiger partial charge in [-0.05, 0) is 32.9 Å². The molecule has 0 aliphatic carbocycles.